The monoisotopic (exact) mass is 561 g/mol. The molecule has 38 heavy (non-hydrogen) atoms. The average molecular weight is 562 g/mol. The molecule has 0 bridgehead atoms. The van der Waals surface area contributed by atoms with Gasteiger partial charge in [-0.3, -0.25) is 14.1 Å². The summed E-state index contributed by atoms with van der Waals surface area (Å²) in [4.78, 5) is 13.5. The van der Waals surface area contributed by atoms with Crippen LogP contribution < -0.4 is 4.31 Å². The largest absolute Gasteiger partial charge is 0.416 e. The number of methoxy groups -OCH3 is 1. The van der Waals surface area contributed by atoms with E-state index in [0.717, 1.165) is 29.0 Å². The van der Waals surface area contributed by atoms with Crippen molar-refractivity contribution in [2.45, 2.75) is 18.5 Å². The van der Waals surface area contributed by atoms with Crippen LogP contribution in [-0.4, -0.2) is 49.2 Å². The van der Waals surface area contributed by atoms with Crippen molar-refractivity contribution >= 4 is 40.9 Å². The van der Waals surface area contributed by atoms with E-state index in [0.29, 0.717) is 29.6 Å². The zero-order valence-corrected chi connectivity index (χ0v) is 22.5. The molecule has 0 aliphatic carbocycles. The molecule has 0 radical (unpaired) electrons. The van der Waals surface area contributed by atoms with E-state index < -0.39 is 17.2 Å². The Morgan fingerprint density at radius 3 is 2.34 bits per heavy atom. The van der Waals surface area contributed by atoms with Crippen LogP contribution in [0, 0.1) is 0 Å². The molecule has 1 amide bonds. The number of nitrogens with zero attached hydrogens (tertiary/aromatic N) is 3. The van der Waals surface area contributed by atoms with Gasteiger partial charge in [-0.2, -0.15) is 18.3 Å². The molecule has 1 aliphatic rings. The highest BCUT2D eigenvalue weighted by molar-refractivity contribution is 8.01. The lowest BCUT2D eigenvalue weighted by Crippen LogP contribution is -2.39. The van der Waals surface area contributed by atoms with Crippen molar-refractivity contribution in [1.29, 1.82) is 0 Å². The van der Waals surface area contributed by atoms with Gasteiger partial charge in [-0.25, -0.2) is 0 Å². The highest BCUT2D eigenvalue weighted by Crippen LogP contribution is 2.36. The SMILES string of the molecule is COCCSN(C(=O)CN1CC(C)(c2ccccc2)C(c2ccc(Cl)cc2)=N1)c1ccc(C(F)(F)F)cc1. The Morgan fingerprint density at radius 2 is 1.74 bits per heavy atom. The van der Waals surface area contributed by atoms with Crippen molar-refractivity contribution in [3.8, 4) is 0 Å². The summed E-state index contributed by atoms with van der Waals surface area (Å²) in [7, 11) is 1.55. The van der Waals surface area contributed by atoms with E-state index in [2.05, 4.69) is 6.92 Å². The summed E-state index contributed by atoms with van der Waals surface area (Å²) in [5.74, 6) is 0.145. The third kappa shape index (κ3) is 6.34. The molecule has 0 N–H and O–H groups in total. The first-order valence-corrected chi connectivity index (χ1v) is 13.2. The maximum Gasteiger partial charge on any atom is 0.416 e. The second-order valence-corrected chi connectivity index (χ2v) is 10.5. The van der Waals surface area contributed by atoms with Gasteiger partial charge in [0.2, 0.25) is 0 Å². The highest BCUT2D eigenvalue weighted by Gasteiger charge is 2.41. The summed E-state index contributed by atoms with van der Waals surface area (Å²) in [6.07, 6.45) is -4.46. The van der Waals surface area contributed by atoms with Gasteiger partial charge >= 0.3 is 6.18 Å². The summed E-state index contributed by atoms with van der Waals surface area (Å²) >= 11 is 7.30. The molecule has 0 aromatic heterocycles. The third-order valence-electron chi connectivity index (χ3n) is 6.27. The minimum atomic E-state index is -4.46. The van der Waals surface area contributed by atoms with Crippen LogP contribution in [0.2, 0.25) is 5.02 Å². The Balaban J connectivity index is 1.62. The van der Waals surface area contributed by atoms with Gasteiger partial charge in [0.1, 0.15) is 6.54 Å². The van der Waals surface area contributed by atoms with Crippen LogP contribution in [0.3, 0.4) is 0 Å². The number of rotatable bonds is 9. The zero-order chi connectivity index (χ0) is 27.3. The molecule has 0 spiro atoms. The van der Waals surface area contributed by atoms with Crippen LogP contribution in [0.25, 0.3) is 0 Å². The van der Waals surface area contributed by atoms with E-state index in [1.54, 1.807) is 24.3 Å². The van der Waals surface area contributed by atoms with Crippen LogP contribution in [0.1, 0.15) is 23.6 Å². The van der Waals surface area contributed by atoms with Gasteiger partial charge in [0.05, 0.1) is 35.5 Å². The highest BCUT2D eigenvalue weighted by atomic mass is 35.5. The zero-order valence-electron chi connectivity index (χ0n) is 20.9. The molecule has 10 heteroatoms. The molecule has 1 unspecified atom stereocenters. The molecule has 0 fully saturated rings. The second kappa shape index (κ2) is 11.8. The van der Waals surface area contributed by atoms with Crippen LogP contribution in [0.4, 0.5) is 18.9 Å². The van der Waals surface area contributed by atoms with E-state index in [9.17, 15) is 18.0 Å². The molecule has 3 aromatic rings. The van der Waals surface area contributed by atoms with Gasteiger partial charge in [0.15, 0.2) is 0 Å². The number of hydrazone groups is 1. The van der Waals surface area contributed by atoms with Gasteiger partial charge in [-0.15, -0.1) is 0 Å². The Bertz CT molecular complexity index is 1270. The van der Waals surface area contributed by atoms with E-state index in [4.69, 9.17) is 21.4 Å². The topological polar surface area (TPSA) is 45.1 Å². The van der Waals surface area contributed by atoms with Gasteiger partial charge in [-0.05, 0) is 66.4 Å². The van der Waals surface area contributed by atoms with E-state index >= 15 is 0 Å². The van der Waals surface area contributed by atoms with Crippen LogP contribution in [-0.2, 0) is 21.1 Å². The number of hydrogen-bond acceptors (Lipinski definition) is 5. The fraction of sp³-hybridized carbons (Fsp3) is 0.286. The van der Waals surface area contributed by atoms with Crippen LogP contribution in [0.15, 0.2) is 84.0 Å². The lowest BCUT2D eigenvalue weighted by atomic mass is 9.76. The van der Waals surface area contributed by atoms with Gasteiger partial charge < -0.3 is 4.74 Å². The Labute approximate surface area is 229 Å². The van der Waals surface area contributed by atoms with Crippen molar-refractivity contribution in [2.75, 3.05) is 36.9 Å². The maximum absolute atomic E-state index is 13.5. The third-order valence-corrected chi connectivity index (χ3v) is 7.55. The predicted molar refractivity (Wildman–Crippen MR) is 147 cm³/mol. The molecule has 4 rings (SSSR count). The Hall–Kier alpha value is -3.01. The fourth-order valence-corrected chi connectivity index (χ4v) is 5.37. The number of alkyl halides is 3. The summed E-state index contributed by atoms with van der Waals surface area (Å²) in [5.41, 5.74) is 1.84. The molecular formula is C28H27ClF3N3O2S. The minimum absolute atomic E-state index is 0.0550. The first-order chi connectivity index (χ1) is 18.1. The smallest absolute Gasteiger partial charge is 0.384 e. The van der Waals surface area contributed by atoms with Crippen molar-refractivity contribution in [3.63, 3.8) is 0 Å². The number of hydrogen-bond donors (Lipinski definition) is 0. The number of halogens is 4. The first kappa shape index (κ1) is 28.0. The lowest BCUT2D eigenvalue weighted by Gasteiger charge is -2.28. The number of carbonyl (C=O) groups excluding carboxylic acids is 1. The number of amides is 1. The normalized spacial score (nSPS) is 17.4. The van der Waals surface area contributed by atoms with Gasteiger partial charge in [0.25, 0.3) is 5.91 Å². The molecular weight excluding hydrogens is 535 g/mol. The first-order valence-electron chi connectivity index (χ1n) is 11.9. The van der Waals surface area contributed by atoms with Crippen molar-refractivity contribution in [2.24, 2.45) is 5.10 Å². The summed E-state index contributed by atoms with van der Waals surface area (Å²) in [6, 6.07) is 21.9. The van der Waals surface area contributed by atoms with E-state index in [-0.39, 0.29) is 12.5 Å². The van der Waals surface area contributed by atoms with Crippen LogP contribution in [0.5, 0.6) is 0 Å². The summed E-state index contributed by atoms with van der Waals surface area (Å²) < 4.78 is 45.8. The molecule has 1 heterocycles. The summed E-state index contributed by atoms with van der Waals surface area (Å²) in [5, 5.41) is 7.18. The molecule has 1 aliphatic heterocycles. The average Bonchev–Trinajstić information content (AvgIpc) is 3.24. The quantitative estimate of drug-likeness (QED) is 0.216. The number of benzene rings is 3. The molecule has 0 saturated carbocycles. The van der Waals surface area contributed by atoms with Gasteiger partial charge in [0, 0.05) is 17.9 Å². The standard InChI is InChI=1S/C28H27ClF3N3O2S/c1-27(21-6-4-3-5-7-21)19-34(33-26(27)20-8-12-23(29)13-9-20)18-25(36)35(38-17-16-37-2)24-14-10-22(11-15-24)28(30,31)32/h3-15H,16-19H2,1-2H3. The van der Waals surface area contributed by atoms with Crippen molar-refractivity contribution < 1.29 is 22.7 Å². The molecule has 0 saturated heterocycles. The van der Waals surface area contributed by atoms with Crippen LogP contribution >= 0.6 is 23.5 Å². The van der Waals surface area contributed by atoms with Crippen molar-refractivity contribution in [1.82, 2.24) is 5.01 Å². The molecule has 200 valence electrons. The molecule has 5 nitrogen and oxygen atoms in total. The van der Waals surface area contributed by atoms with E-state index in [1.807, 2.05) is 42.5 Å². The lowest BCUT2D eigenvalue weighted by molar-refractivity contribution is -0.137. The predicted octanol–water partition coefficient (Wildman–Crippen LogP) is 6.66. The fourth-order valence-electron chi connectivity index (χ4n) is 4.34. The Kier molecular flexibility index (Phi) is 8.70. The maximum atomic E-state index is 13.5. The van der Waals surface area contributed by atoms with Gasteiger partial charge in [-0.1, -0.05) is 54.1 Å². The Morgan fingerprint density at radius 1 is 1.08 bits per heavy atom. The van der Waals surface area contributed by atoms with E-state index in [1.165, 1.54) is 28.4 Å². The molecule has 3 aromatic carbocycles. The second-order valence-electron chi connectivity index (χ2n) is 9.04. The number of carbonyl (C=O) groups is 1. The van der Waals surface area contributed by atoms with Crippen molar-refractivity contribution in [3.05, 3.63) is 101 Å². The number of ether oxygens (including phenoxy) is 1. The minimum Gasteiger partial charge on any atom is -0.384 e. The summed E-state index contributed by atoms with van der Waals surface area (Å²) in [6.45, 7) is 2.86. The molecule has 1 atom stereocenters. The number of anilines is 1.